The molecule has 3 rings (SSSR count). The predicted octanol–water partition coefficient (Wildman–Crippen LogP) is 3.64. The first-order chi connectivity index (χ1) is 10.2. The zero-order chi connectivity index (χ0) is 16.1. The first kappa shape index (κ1) is 15.1. The SMILES string of the molecule is CS(=O)(=O)c1cccc(C(F)(F)F)c1-c1cnoc1C1CC1. The molecule has 1 aromatic heterocycles. The summed E-state index contributed by atoms with van der Waals surface area (Å²) in [7, 11) is -3.83. The van der Waals surface area contributed by atoms with E-state index in [9.17, 15) is 21.6 Å². The van der Waals surface area contributed by atoms with E-state index in [0.29, 0.717) is 5.76 Å². The zero-order valence-corrected chi connectivity index (χ0v) is 12.3. The third-order valence-electron chi connectivity index (χ3n) is 3.55. The molecule has 0 bridgehead atoms. The first-order valence-corrected chi connectivity index (χ1v) is 8.44. The monoisotopic (exact) mass is 331 g/mol. The summed E-state index contributed by atoms with van der Waals surface area (Å²) >= 11 is 0. The van der Waals surface area contributed by atoms with Crippen LogP contribution in [0.5, 0.6) is 0 Å². The highest BCUT2D eigenvalue weighted by Gasteiger charge is 2.39. The molecule has 0 atom stereocenters. The van der Waals surface area contributed by atoms with E-state index in [0.717, 1.165) is 37.4 Å². The molecule has 22 heavy (non-hydrogen) atoms. The maximum absolute atomic E-state index is 13.3. The molecule has 0 N–H and O–H groups in total. The van der Waals surface area contributed by atoms with Crippen LogP contribution in [0.15, 0.2) is 33.8 Å². The van der Waals surface area contributed by atoms with Gasteiger partial charge in [0.25, 0.3) is 0 Å². The van der Waals surface area contributed by atoms with E-state index < -0.39 is 21.6 Å². The van der Waals surface area contributed by atoms with Gasteiger partial charge in [0.05, 0.1) is 16.7 Å². The van der Waals surface area contributed by atoms with E-state index in [-0.39, 0.29) is 21.9 Å². The fourth-order valence-electron chi connectivity index (χ4n) is 2.43. The molecular formula is C14H12F3NO3S. The van der Waals surface area contributed by atoms with Crippen molar-refractivity contribution < 1.29 is 26.1 Å². The fraction of sp³-hybridized carbons (Fsp3) is 0.357. The van der Waals surface area contributed by atoms with Crippen LogP contribution >= 0.6 is 0 Å². The summed E-state index contributed by atoms with van der Waals surface area (Å²) in [6, 6.07) is 3.13. The lowest BCUT2D eigenvalue weighted by Crippen LogP contribution is -2.11. The third kappa shape index (κ3) is 2.63. The normalized spacial score (nSPS) is 16.0. The van der Waals surface area contributed by atoms with Crippen LogP contribution < -0.4 is 0 Å². The second-order valence-corrected chi connectivity index (χ2v) is 7.31. The molecule has 0 amide bonds. The Hall–Kier alpha value is -1.83. The summed E-state index contributed by atoms with van der Waals surface area (Å²) in [6.07, 6.45) is -1.04. The van der Waals surface area contributed by atoms with Crippen molar-refractivity contribution in [2.45, 2.75) is 29.8 Å². The van der Waals surface area contributed by atoms with Crippen LogP contribution in [0.4, 0.5) is 13.2 Å². The van der Waals surface area contributed by atoms with Crippen molar-refractivity contribution in [3.8, 4) is 11.1 Å². The molecule has 0 aliphatic heterocycles. The number of alkyl halides is 3. The van der Waals surface area contributed by atoms with Crippen LogP contribution in [-0.2, 0) is 16.0 Å². The van der Waals surface area contributed by atoms with Gasteiger partial charge in [-0.25, -0.2) is 8.42 Å². The molecule has 0 unspecified atom stereocenters. The van der Waals surface area contributed by atoms with Gasteiger partial charge >= 0.3 is 6.18 Å². The number of hydrogen-bond donors (Lipinski definition) is 0. The van der Waals surface area contributed by atoms with Gasteiger partial charge in [-0.2, -0.15) is 13.2 Å². The van der Waals surface area contributed by atoms with Crippen LogP contribution in [0, 0.1) is 0 Å². The Morgan fingerprint density at radius 1 is 1.27 bits per heavy atom. The quantitative estimate of drug-likeness (QED) is 0.861. The van der Waals surface area contributed by atoms with Gasteiger partial charge in [-0.15, -0.1) is 0 Å². The van der Waals surface area contributed by atoms with Crippen LogP contribution in [0.3, 0.4) is 0 Å². The average molecular weight is 331 g/mol. The van der Waals surface area contributed by atoms with Crippen molar-refractivity contribution in [2.75, 3.05) is 6.26 Å². The molecule has 0 radical (unpaired) electrons. The molecule has 1 fully saturated rings. The topological polar surface area (TPSA) is 60.2 Å². The van der Waals surface area contributed by atoms with Crippen LogP contribution in [-0.4, -0.2) is 19.8 Å². The minimum Gasteiger partial charge on any atom is -0.360 e. The number of aromatic nitrogens is 1. The van der Waals surface area contributed by atoms with Gasteiger partial charge < -0.3 is 4.52 Å². The number of rotatable bonds is 3. The van der Waals surface area contributed by atoms with Crippen molar-refractivity contribution in [1.82, 2.24) is 5.16 Å². The van der Waals surface area contributed by atoms with Crippen molar-refractivity contribution in [3.63, 3.8) is 0 Å². The summed E-state index contributed by atoms with van der Waals surface area (Å²) < 4.78 is 68.8. The van der Waals surface area contributed by atoms with Gasteiger partial charge in [-0.05, 0) is 25.0 Å². The smallest absolute Gasteiger partial charge is 0.360 e. The second-order valence-electron chi connectivity index (χ2n) is 5.33. The maximum Gasteiger partial charge on any atom is 0.417 e. The zero-order valence-electron chi connectivity index (χ0n) is 11.5. The number of halogens is 3. The highest BCUT2D eigenvalue weighted by molar-refractivity contribution is 7.90. The molecule has 1 aromatic carbocycles. The Morgan fingerprint density at radius 3 is 2.50 bits per heavy atom. The Labute approximate surface area is 124 Å². The fourth-order valence-corrected chi connectivity index (χ4v) is 3.35. The van der Waals surface area contributed by atoms with E-state index >= 15 is 0 Å². The van der Waals surface area contributed by atoms with Gasteiger partial charge in [0.15, 0.2) is 9.84 Å². The molecule has 0 spiro atoms. The summed E-state index contributed by atoms with van der Waals surface area (Å²) in [6.45, 7) is 0. The Balaban J connectivity index is 2.34. The summed E-state index contributed by atoms with van der Waals surface area (Å²) in [5, 5.41) is 3.57. The minimum atomic E-state index is -4.67. The van der Waals surface area contributed by atoms with Crippen LogP contribution in [0.1, 0.15) is 30.1 Å². The lowest BCUT2D eigenvalue weighted by atomic mass is 9.98. The number of sulfone groups is 1. The standard InChI is InChI=1S/C14H12F3NO3S/c1-22(19,20)11-4-2-3-10(14(15,16)17)12(11)9-7-18-21-13(9)8-5-6-8/h2-4,7-8H,5-6H2,1H3. The lowest BCUT2D eigenvalue weighted by Gasteiger charge is -2.15. The number of hydrogen-bond acceptors (Lipinski definition) is 4. The molecule has 1 aliphatic carbocycles. The Bertz CT molecular complexity index is 820. The molecule has 8 heteroatoms. The number of benzene rings is 1. The van der Waals surface area contributed by atoms with Crippen LogP contribution in [0.2, 0.25) is 0 Å². The van der Waals surface area contributed by atoms with Crippen molar-refractivity contribution in [2.24, 2.45) is 0 Å². The van der Waals surface area contributed by atoms with E-state index in [1.807, 2.05) is 0 Å². The van der Waals surface area contributed by atoms with E-state index in [1.165, 1.54) is 6.07 Å². The minimum absolute atomic E-state index is 0.00574. The summed E-state index contributed by atoms with van der Waals surface area (Å²) in [4.78, 5) is -0.368. The van der Waals surface area contributed by atoms with Crippen LogP contribution in [0.25, 0.3) is 11.1 Å². The van der Waals surface area contributed by atoms with Gasteiger partial charge in [0.2, 0.25) is 0 Å². The molecule has 1 saturated carbocycles. The van der Waals surface area contributed by atoms with Gasteiger partial charge in [-0.3, -0.25) is 0 Å². The summed E-state index contributed by atoms with van der Waals surface area (Å²) in [5.41, 5.74) is -1.27. The molecule has 4 nitrogen and oxygen atoms in total. The largest absolute Gasteiger partial charge is 0.417 e. The molecule has 1 heterocycles. The highest BCUT2D eigenvalue weighted by Crippen LogP contribution is 2.48. The Kier molecular flexibility index (Phi) is 3.32. The molecule has 2 aromatic rings. The summed E-state index contributed by atoms with van der Waals surface area (Å²) in [5.74, 6) is 0.327. The third-order valence-corrected chi connectivity index (χ3v) is 4.69. The van der Waals surface area contributed by atoms with E-state index in [2.05, 4.69) is 5.16 Å². The highest BCUT2D eigenvalue weighted by atomic mass is 32.2. The molecule has 0 saturated heterocycles. The van der Waals surface area contributed by atoms with Gasteiger partial charge in [0, 0.05) is 23.3 Å². The van der Waals surface area contributed by atoms with E-state index in [4.69, 9.17) is 4.52 Å². The Morgan fingerprint density at radius 2 is 1.95 bits per heavy atom. The van der Waals surface area contributed by atoms with Crippen molar-refractivity contribution in [3.05, 3.63) is 35.7 Å². The molecule has 1 aliphatic rings. The first-order valence-electron chi connectivity index (χ1n) is 6.55. The van der Waals surface area contributed by atoms with Gasteiger partial charge in [0.1, 0.15) is 5.76 Å². The predicted molar refractivity (Wildman–Crippen MR) is 72.0 cm³/mol. The molecule has 118 valence electrons. The lowest BCUT2D eigenvalue weighted by molar-refractivity contribution is -0.137. The molecular weight excluding hydrogens is 319 g/mol. The maximum atomic E-state index is 13.3. The van der Waals surface area contributed by atoms with Gasteiger partial charge in [-0.1, -0.05) is 11.2 Å². The van der Waals surface area contributed by atoms with E-state index in [1.54, 1.807) is 0 Å². The second kappa shape index (κ2) is 4.84. The van der Waals surface area contributed by atoms with Crippen molar-refractivity contribution >= 4 is 9.84 Å². The van der Waals surface area contributed by atoms with Crippen molar-refractivity contribution in [1.29, 1.82) is 0 Å². The average Bonchev–Trinajstić information content (AvgIpc) is 3.13. The number of nitrogens with zero attached hydrogens (tertiary/aromatic N) is 1.